The zero-order chi connectivity index (χ0) is 14.8. The molecule has 1 fully saturated rings. The number of hydrogen-bond acceptors (Lipinski definition) is 4. The summed E-state index contributed by atoms with van der Waals surface area (Å²) in [4.78, 5) is 2.12. The molecule has 6 heteroatoms. The number of nitrogens with zero attached hydrogens (tertiary/aromatic N) is 1. The molecule has 112 valence electrons. The Morgan fingerprint density at radius 3 is 2.45 bits per heavy atom. The first kappa shape index (κ1) is 15.3. The van der Waals surface area contributed by atoms with Gasteiger partial charge in [-0.1, -0.05) is 18.2 Å². The van der Waals surface area contributed by atoms with E-state index in [4.69, 9.17) is 5.73 Å². The van der Waals surface area contributed by atoms with Crippen LogP contribution in [-0.2, 0) is 15.8 Å². The van der Waals surface area contributed by atoms with Crippen molar-refractivity contribution in [2.45, 2.75) is 30.6 Å². The van der Waals surface area contributed by atoms with Crippen LogP contribution in [0.15, 0.2) is 24.3 Å². The van der Waals surface area contributed by atoms with Gasteiger partial charge in [0, 0.05) is 17.8 Å². The smallest absolute Gasteiger partial charge is 0.215 e. The first-order valence-electron chi connectivity index (χ1n) is 6.83. The van der Waals surface area contributed by atoms with Gasteiger partial charge >= 0.3 is 0 Å². The minimum atomic E-state index is -3.36. The fraction of sp³-hybridized carbons (Fsp3) is 0.571. The van der Waals surface area contributed by atoms with E-state index in [1.165, 1.54) is 0 Å². The number of nitrogen functional groups attached to an aromatic ring is 1. The fourth-order valence-electron chi connectivity index (χ4n) is 2.53. The Balaban J connectivity index is 2.00. The lowest BCUT2D eigenvalue weighted by molar-refractivity contribution is 0.0656. The van der Waals surface area contributed by atoms with Gasteiger partial charge in [-0.05, 0) is 45.0 Å². The SMILES string of the molecule is CN(C)C1(CNS(=O)(=O)Cc2ccccc2N)CCC1. The standard InChI is InChI=1S/C14H23N3O2S/c1-17(2)14(8-5-9-14)11-16-20(18,19)10-12-6-3-4-7-13(12)15/h3-4,6-7,16H,5,8-11,15H2,1-2H3. The lowest BCUT2D eigenvalue weighted by Crippen LogP contribution is -2.57. The van der Waals surface area contributed by atoms with Gasteiger partial charge < -0.3 is 10.6 Å². The maximum atomic E-state index is 12.2. The number of likely N-dealkylation sites (N-methyl/N-ethyl adjacent to an activating group) is 1. The van der Waals surface area contributed by atoms with Crippen LogP contribution >= 0.6 is 0 Å². The van der Waals surface area contributed by atoms with E-state index < -0.39 is 10.0 Å². The molecule has 0 radical (unpaired) electrons. The molecule has 1 saturated carbocycles. The van der Waals surface area contributed by atoms with E-state index in [2.05, 4.69) is 9.62 Å². The number of nitrogens with one attached hydrogen (secondary N) is 1. The fourth-order valence-corrected chi connectivity index (χ4v) is 3.80. The molecule has 1 aliphatic carbocycles. The summed E-state index contributed by atoms with van der Waals surface area (Å²) in [7, 11) is 0.649. The van der Waals surface area contributed by atoms with E-state index in [9.17, 15) is 8.42 Å². The first-order chi connectivity index (χ1) is 9.35. The van der Waals surface area contributed by atoms with Gasteiger partial charge in [-0.3, -0.25) is 0 Å². The van der Waals surface area contributed by atoms with E-state index in [1.807, 2.05) is 14.1 Å². The van der Waals surface area contributed by atoms with Crippen molar-refractivity contribution in [2.24, 2.45) is 0 Å². The first-order valence-corrected chi connectivity index (χ1v) is 8.48. The summed E-state index contributed by atoms with van der Waals surface area (Å²) in [6.07, 6.45) is 3.23. The van der Waals surface area contributed by atoms with Gasteiger partial charge in [-0.25, -0.2) is 13.1 Å². The quantitative estimate of drug-likeness (QED) is 0.773. The molecule has 0 aliphatic heterocycles. The van der Waals surface area contributed by atoms with Crippen LogP contribution in [0, 0.1) is 0 Å². The Kier molecular flexibility index (Phi) is 4.36. The van der Waals surface area contributed by atoms with Crippen LogP contribution in [0.1, 0.15) is 24.8 Å². The van der Waals surface area contributed by atoms with Crippen molar-refractivity contribution >= 4 is 15.7 Å². The average Bonchev–Trinajstić information content (AvgIpc) is 2.30. The summed E-state index contributed by atoms with van der Waals surface area (Å²) < 4.78 is 27.1. The summed E-state index contributed by atoms with van der Waals surface area (Å²) in [6.45, 7) is 0.467. The van der Waals surface area contributed by atoms with Crippen molar-refractivity contribution in [3.63, 3.8) is 0 Å². The maximum Gasteiger partial charge on any atom is 0.215 e. The van der Waals surface area contributed by atoms with Gasteiger partial charge in [0.15, 0.2) is 0 Å². The van der Waals surface area contributed by atoms with Gasteiger partial charge in [0.25, 0.3) is 0 Å². The van der Waals surface area contributed by atoms with Crippen LogP contribution in [0.5, 0.6) is 0 Å². The summed E-state index contributed by atoms with van der Waals surface area (Å²) in [5, 5.41) is 0. The minimum Gasteiger partial charge on any atom is -0.398 e. The predicted molar refractivity (Wildman–Crippen MR) is 81.7 cm³/mol. The normalized spacial score (nSPS) is 17.9. The van der Waals surface area contributed by atoms with E-state index in [0.717, 1.165) is 19.3 Å². The van der Waals surface area contributed by atoms with E-state index in [0.29, 0.717) is 17.8 Å². The topological polar surface area (TPSA) is 75.4 Å². The largest absolute Gasteiger partial charge is 0.398 e. The molecule has 0 saturated heterocycles. The van der Waals surface area contributed by atoms with Gasteiger partial charge in [0.1, 0.15) is 0 Å². The lowest BCUT2D eigenvalue weighted by atomic mass is 9.76. The predicted octanol–water partition coefficient (Wildman–Crippen LogP) is 1.17. The highest BCUT2D eigenvalue weighted by Crippen LogP contribution is 2.35. The van der Waals surface area contributed by atoms with Crippen molar-refractivity contribution in [1.82, 2.24) is 9.62 Å². The molecule has 1 aliphatic rings. The summed E-state index contributed by atoms with van der Waals surface area (Å²) in [6, 6.07) is 7.07. The second-order valence-electron chi connectivity index (χ2n) is 5.75. The molecule has 3 N–H and O–H groups in total. The summed E-state index contributed by atoms with van der Waals surface area (Å²) in [5.74, 6) is -0.0663. The Hall–Kier alpha value is -1.11. The van der Waals surface area contributed by atoms with E-state index in [1.54, 1.807) is 24.3 Å². The van der Waals surface area contributed by atoms with Crippen molar-refractivity contribution in [3.8, 4) is 0 Å². The third kappa shape index (κ3) is 3.31. The number of hydrogen-bond donors (Lipinski definition) is 2. The molecular weight excluding hydrogens is 274 g/mol. The third-order valence-electron chi connectivity index (χ3n) is 4.25. The molecule has 20 heavy (non-hydrogen) atoms. The molecule has 0 heterocycles. The van der Waals surface area contributed by atoms with Crippen molar-refractivity contribution in [2.75, 3.05) is 26.4 Å². The van der Waals surface area contributed by atoms with Gasteiger partial charge in [0.05, 0.1) is 5.75 Å². The second-order valence-corrected chi connectivity index (χ2v) is 7.56. The van der Waals surface area contributed by atoms with Crippen LogP contribution in [0.4, 0.5) is 5.69 Å². The number of nitrogens with two attached hydrogens (primary N) is 1. The highest BCUT2D eigenvalue weighted by Gasteiger charge is 2.39. The average molecular weight is 297 g/mol. The van der Waals surface area contributed by atoms with Crippen molar-refractivity contribution < 1.29 is 8.42 Å². The Morgan fingerprint density at radius 2 is 1.95 bits per heavy atom. The Bertz CT molecular complexity index is 566. The summed E-state index contributed by atoms with van der Waals surface area (Å²) >= 11 is 0. The molecule has 1 aromatic rings. The maximum absolute atomic E-state index is 12.2. The van der Waals surface area contributed by atoms with Gasteiger partial charge in [-0.2, -0.15) is 0 Å². The van der Waals surface area contributed by atoms with E-state index in [-0.39, 0.29) is 11.3 Å². The minimum absolute atomic E-state index is 0.0185. The molecule has 5 nitrogen and oxygen atoms in total. The number of rotatable bonds is 6. The van der Waals surface area contributed by atoms with Gasteiger partial charge in [0.2, 0.25) is 10.0 Å². The highest BCUT2D eigenvalue weighted by molar-refractivity contribution is 7.88. The molecule has 0 unspecified atom stereocenters. The van der Waals surface area contributed by atoms with Crippen LogP contribution in [0.2, 0.25) is 0 Å². The molecule has 0 spiro atoms. The van der Waals surface area contributed by atoms with Crippen LogP contribution in [0.25, 0.3) is 0 Å². The lowest BCUT2D eigenvalue weighted by Gasteiger charge is -2.47. The van der Waals surface area contributed by atoms with Crippen LogP contribution in [0.3, 0.4) is 0 Å². The van der Waals surface area contributed by atoms with Gasteiger partial charge in [-0.15, -0.1) is 0 Å². The zero-order valence-electron chi connectivity index (χ0n) is 12.1. The molecule has 0 bridgehead atoms. The number of anilines is 1. The van der Waals surface area contributed by atoms with Crippen LogP contribution < -0.4 is 10.5 Å². The molecule has 0 amide bonds. The highest BCUT2D eigenvalue weighted by atomic mass is 32.2. The molecule has 2 rings (SSSR count). The Morgan fingerprint density at radius 1 is 1.30 bits per heavy atom. The molecule has 0 atom stereocenters. The number of para-hydroxylation sites is 1. The zero-order valence-corrected chi connectivity index (χ0v) is 12.9. The second kappa shape index (κ2) is 5.71. The van der Waals surface area contributed by atoms with Crippen molar-refractivity contribution in [3.05, 3.63) is 29.8 Å². The molecular formula is C14H23N3O2S. The van der Waals surface area contributed by atoms with Crippen molar-refractivity contribution in [1.29, 1.82) is 0 Å². The monoisotopic (exact) mass is 297 g/mol. The molecule has 1 aromatic carbocycles. The number of sulfonamides is 1. The molecule has 0 aromatic heterocycles. The number of benzene rings is 1. The summed E-state index contributed by atoms with van der Waals surface area (Å²) in [5.41, 5.74) is 6.94. The Labute approximate surface area is 121 Å². The third-order valence-corrected chi connectivity index (χ3v) is 5.53. The van der Waals surface area contributed by atoms with Crippen LogP contribution in [-0.4, -0.2) is 39.5 Å². The van der Waals surface area contributed by atoms with E-state index >= 15 is 0 Å².